The molecule has 2 rings (SSSR count). The number of hydrogen-bond donors (Lipinski definition) is 2. The van der Waals surface area contributed by atoms with Crippen molar-refractivity contribution in [2.45, 2.75) is 19.4 Å². The summed E-state index contributed by atoms with van der Waals surface area (Å²) in [6, 6.07) is 2.06. The summed E-state index contributed by atoms with van der Waals surface area (Å²) in [5.74, 6) is -2.68. The van der Waals surface area contributed by atoms with Crippen LogP contribution in [0.2, 0.25) is 10.0 Å². The fourth-order valence-corrected chi connectivity index (χ4v) is 2.28. The van der Waals surface area contributed by atoms with Gasteiger partial charge in [-0.1, -0.05) is 30.1 Å². The molecule has 1 saturated carbocycles. The van der Waals surface area contributed by atoms with E-state index in [1.165, 1.54) is 0 Å². The highest BCUT2D eigenvalue weighted by Gasteiger charge is 2.32. The van der Waals surface area contributed by atoms with Crippen LogP contribution in [0, 0.1) is 11.7 Å². The van der Waals surface area contributed by atoms with Crippen molar-refractivity contribution in [3.8, 4) is 0 Å². The van der Waals surface area contributed by atoms with Crippen molar-refractivity contribution in [1.29, 1.82) is 0 Å². The lowest BCUT2D eigenvalue weighted by Gasteiger charge is -2.07. The molecule has 4 nitrogen and oxygen atoms in total. The van der Waals surface area contributed by atoms with Gasteiger partial charge in [0, 0.05) is 17.8 Å². The van der Waals surface area contributed by atoms with Crippen LogP contribution in [-0.4, -0.2) is 22.9 Å². The van der Waals surface area contributed by atoms with Crippen LogP contribution in [0.25, 0.3) is 0 Å². The highest BCUT2D eigenvalue weighted by Crippen LogP contribution is 2.29. The third-order valence-electron chi connectivity index (χ3n) is 3.28. The average molecular weight is 332 g/mol. The molecule has 1 fully saturated rings. The molecular weight excluding hydrogens is 320 g/mol. The molecule has 1 aliphatic rings. The van der Waals surface area contributed by atoms with Crippen LogP contribution in [0.4, 0.5) is 4.39 Å². The van der Waals surface area contributed by atoms with Crippen molar-refractivity contribution < 1.29 is 19.1 Å². The summed E-state index contributed by atoms with van der Waals surface area (Å²) in [6.45, 7) is 2.00. The first kappa shape index (κ1) is 15.8. The summed E-state index contributed by atoms with van der Waals surface area (Å²) in [7, 11) is 0. The van der Waals surface area contributed by atoms with Gasteiger partial charge in [0.1, 0.15) is 11.4 Å². The van der Waals surface area contributed by atoms with Crippen LogP contribution in [0.3, 0.4) is 0 Å². The first-order chi connectivity index (χ1) is 9.81. The predicted molar refractivity (Wildman–Crippen MR) is 77.2 cm³/mol. The number of carbonyl (C=O) groups excluding carboxylic acids is 1. The quantitative estimate of drug-likeness (QED) is 0.285. The van der Waals surface area contributed by atoms with Crippen molar-refractivity contribution in [3.05, 3.63) is 45.3 Å². The summed E-state index contributed by atoms with van der Waals surface area (Å²) in [6.07, 6.45) is 2.05. The Morgan fingerprint density at radius 1 is 1.38 bits per heavy atom. The summed E-state index contributed by atoms with van der Waals surface area (Å²) in [5.41, 5.74) is -0.740. The zero-order valence-corrected chi connectivity index (χ0v) is 12.5. The minimum atomic E-state index is -1.41. The van der Waals surface area contributed by atoms with E-state index in [2.05, 4.69) is 5.32 Å². The van der Waals surface area contributed by atoms with E-state index in [0.717, 1.165) is 24.8 Å². The second kappa shape index (κ2) is 6.03. The Morgan fingerprint density at radius 3 is 2.52 bits per heavy atom. The number of ketones is 1. The Labute approximate surface area is 130 Å². The Hall–Kier alpha value is -1.59. The van der Waals surface area contributed by atoms with Gasteiger partial charge in [-0.3, -0.25) is 4.79 Å². The molecule has 7 heteroatoms. The second-order valence-electron chi connectivity index (χ2n) is 4.92. The van der Waals surface area contributed by atoms with Gasteiger partial charge in [0.25, 0.3) is 0 Å². The van der Waals surface area contributed by atoms with Gasteiger partial charge in [0.05, 0.1) is 10.0 Å². The van der Waals surface area contributed by atoms with E-state index in [9.17, 15) is 14.0 Å². The Morgan fingerprint density at radius 2 is 2.00 bits per heavy atom. The van der Waals surface area contributed by atoms with Gasteiger partial charge in [-0.15, -0.1) is 0 Å². The van der Waals surface area contributed by atoms with Gasteiger partial charge < -0.3 is 10.4 Å². The fourth-order valence-electron chi connectivity index (χ4n) is 1.81. The maximum Gasteiger partial charge on any atom is 0.341 e. The lowest BCUT2D eigenvalue weighted by molar-refractivity contribution is -0.132. The van der Waals surface area contributed by atoms with E-state index < -0.39 is 23.1 Å². The molecular formula is C14H12Cl2FNO3. The maximum absolute atomic E-state index is 13.4. The van der Waals surface area contributed by atoms with Crippen LogP contribution >= 0.6 is 23.2 Å². The summed E-state index contributed by atoms with van der Waals surface area (Å²) in [4.78, 5) is 23.4. The molecule has 112 valence electrons. The molecule has 2 N–H and O–H groups in total. The molecule has 0 spiro atoms. The number of carboxylic acid groups (broad SMARTS) is 1. The molecule has 2 unspecified atom stereocenters. The topological polar surface area (TPSA) is 66.4 Å². The lowest BCUT2D eigenvalue weighted by atomic mass is 10.0. The summed E-state index contributed by atoms with van der Waals surface area (Å²) in [5, 5.41) is 11.7. The number of rotatable bonds is 5. The standard InChI is InChI=1S/C14H12Cl2FNO3/c1-6-2-12(6)18-5-8(14(20)21)13(19)7-3-11(17)10(16)4-9(7)15/h3-6,12,18H,2H2,1H3,(H,20,21). The number of aliphatic carboxylic acids is 1. The van der Waals surface area contributed by atoms with Crippen LogP contribution in [0.1, 0.15) is 23.7 Å². The van der Waals surface area contributed by atoms with Gasteiger partial charge in [0.2, 0.25) is 5.78 Å². The average Bonchev–Trinajstić information content (AvgIpc) is 3.09. The van der Waals surface area contributed by atoms with Crippen LogP contribution < -0.4 is 5.32 Å². The number of carbonyl (C=O) groups is 2. The number of halogens is 3. The number of hydrogen-bond acceptors (Lipinski definition) is 3. The SMILES string of the molecule is CC1CC1NC=C(C(=O)O)C(=O)c1cc(F)c(Cl)cc1Cl. The minimum absolute atomic E-state index is 0.0988. The highest BCUT2D eigenvalue weighted by molar-refractivity contribution is 6.38. The molecule has 0 saturated heterocycles. The second-order valence-corrected chi connectivity index (χ2v) is 5.74. The summed E-state index contributed by atoms with van der Waals surface area (Å²) >= 11 is 11.4. The number of Topliss-reactive ketones (excluding diaryl/α,β-unsaturated/α-hetero) is 1. The fraction of sp³-hybridized carbons (Fsp3) is 0.286. The van der Waals surface area contributed by atoms with Crippen LogP contribution in [0.15, 0.2) is 23.9 Å². The normalized spacial score (nSPS) is 21.0. The molecule has 1 aliphatic carbocycles. The maximum atomic E-state index is 13.4. The number of nitrogens with one attached hydrogen (secondary N) is 1. The third-order valence-corrected chi connectivity index (χ3v) is 3.88. The molecule has 0 radical (unpaired) electrons. The monoisotopic (exact) mass is 331 g/mol. The van der Waals surface area contributed by atoms with Crippen LogP contribution in [-0.2, 0) is 4.79 Å². The van der Waals surface area contributed by atoms with Crippen molar-refractivity contribution in [1.82, 2.24) is 5.32 Å². The molecule has 0 aliphatic heterocycles. The first-order valence-electron chi connectivity index (χ1n) is 6.20. The molecule has 0 amide bonds. The van der Waals surface area contributed by atoms with Gasteiger partial charge in [-0.2, -0.15) is 0 Å². The van der Waals surface area contributed by atoms with E-state index >= 15 is 0 Å². The molecule has 0 bridgehead atoms. The van der Waals surface area contributed by atoms with Crippen molar-refractivity contribution in [2.75, 3.05) is 0 Å². The Kier molecular flexibility index (Phi) is 4.54. The van der Waals surface area contributed by atoms with Gasteiger partial charge in [-0.25, -0.2) is 9.18 Å². The number of benzene rings is 1. The van der Waals surface area contributed by atoms with E-state index in [1.54, 1.807) is 0 Å². The van der Waals surface area contributed by atoms with Gasteiger partial charge in [0.15, 0.2) is 0 Å². The highest BCUT2D eigenvalue weighted by atomic mass is 35.5. The molecule has 0 aromatic heterocycles. The first-order valence-corrected chi connectivity index (χ1v) is 6.95. The predicted octanol–water partition coefficient (Wildman–Crippen LogP) is 3.28. The molecule has 0 heterocycles. The molecule has 2 atom stereocenters. The minimum Gasteiger partial charge on any atom is -0.477 e. The van der Waals surface area contributed by atoms with Crippen molar-refractivity contribution >= 4 is 35.0 Å². The lowest BCUT2D eigenvalue weighted by Crippen LogP contribution is -2.19. The van der Waals surface area contributed by atoms with Crippen molar-refractivity contribution in [2.24, 2.45) is 5.92 Å². The Bertz CT molecular complexity index is 645. The summed E-state index contributed by atoms with van der Waals surface area (Å²) < 4.78 is 13.4. The molecule has 21 heavy (non-hydrogen) atoms. The van der Waals surface area contributed by atoms with Gasteiger partial charge in [-0.05, 0) is 24.5 Å². The third kappa shape index (κ3) is 3.54. The van der Waals surface area contributed by atoms with E-state index in [-0.39, 0.29) is 21.7 Å². The molecule has 1 aromatic carbocycles. The zero-order chi connectivity index (χ0) is 15.7. The smallest absolute Gasteiger partial charge is 0.341 e. The zero-order valence-electron chi connectivity index (χ0n) is 11.0. The Balaban J connectivity index is 2.30. The van der Waals surface area contributed by atoms with Gasteiger partial charge >= 0.3 is 5.97 Å². The molecule has 1 aromatic rings. The number of carboxylic acids is 1. The largest absolute Gasteiger partial charge is 0.477 e. The van der Waals surface area contributed by atoms with Crippen LogP contribution in [0.5, 0.6) is 0 Å². The van der Waals surface area contributed by atoms with Crippen molar-refractivity contribution in [3.63, 3.8) is 0 Å². The van der Waals surface area contributed by atoms with E-state index in [1.807, 2.05) is 6.92 Å². The van der Waals surface area contributed by atoms with E-state index in [4.69, 9.17) is 28.3 Å². The van der Waals surface area contributed by atoms with E-state index in [0.29, 0.717) is 5.92 Å².